The van der Waals surface area contributed by atoms with Crippen LogP contribution < -0.4 is 21.3 Å². The molecule has 4 aliphatic rings. The number of hydrogen-bond donors (Lipinski definition) is 4. The Hall–Kier alpha value is -1.37. The summed E-state index contributed by atoms with van der Waals surface area (Å²) in [5.41, 5.74) is 1.23. The average molecular weight is 219 g/mol. The number of nitrogens with one attached hydrogen (secondary N) is 4. The lowest BCUT2D eigenvalue weighted by atomic mass is 10.1. The Bertz CT molecular complexity index is 417. The molecule has 4 N–H and O–H groups in total. The standard InChI is InChI=1S/C10H13N5O/c16-9-7-8(12-4-11-7)15-6-3-1-2-5(6)13-10(15)14-9/h1-3,5,7-8,10-13H,4H2,(H,14,16)/t5?,7-,8?,10?/m0/s1. The summed E-state index contributed by atoms with van der Waals surface area (Å²) in [4.78, 5) is 14.0. The summed E-state index contributed by atoms with van der Waals surface area (Å²) in [5, 5.41) is 12.8. The molecule has 0 spiro atoms. The van der Waals surface area contributed by atoms with Gasteiger partial charge in [-0.05, 0) is 6.08 Å². The van der Waals surface area contributed by atoms with Gasteiger partial charge in [0.2, 0.25) is 5.91 Å². The van der Waals surface area contributed by atoms with Gasteiger partial charge in [-0.1, -0.05) is 12.2 Å². The van der Waals surface area contributed by atoms with Crippen LogP contribution in [0.25, 0.3) is 0 Å². The van der Waals surface area contributed by atoms with Gasteiger partial charge in [0.25, 0.3) is 0 Å². The number of allylic oxidation sites excluding steroid dienone is 2. The fourth-order valence-corrected chi connectivity index (χ4v) is 2.91. The van der Waals surface area contributed by atoms with E-state index in [1.807, 2.05) is 0 Å². The van der Waals surface area contributed by atoms with E-state index in [2.05, 4.69) is 44.4 Å². The van der Waals surface area contributed by atoms with E-state index >= 15 is 0 Å². The maximum Gasteiger partial charge on any atom is 0.243 e. The first-order valence-electron chi connectivity index (χ1n) is 5.54. The van der Waals surface area contributed by atoms with E-state index in [9.17, 15) is 4.79 Å². The van der Waals surface area contributed by atoms with Crippen LogP contribution in [0.15, 0.2) is 23.9 Å². The van der Waals surface area contributed by atoms with Crippen molar-refractivity contribution in [2.24, 2.45) is 0 Å². The molecule has 0 saturated carbocycles. The van der Waals surface area contributed by atoms with Crippen molar-refractivity contribution in [3.05, 3.63) is 23.9 Å². The van der Waals surface area contributed by atoms with Crippen LogP contribution in [0.2, 0.25) is 0 Å². The Morgan fingerprint density at radius 3 is 3.25 bits per heavy atom. The Labute approximate surface area is 92.7 Å². The van der Waals surface area contributed by atoms with Gasteiger partial charge in [0.15, 0.2) is 6.29 Å². The molecule has 0 bridgehead atoms. The van der Waals surface area contributed by atoms with Crippen LogP contribution in [0.4, 0.5) is 0 Å². The van der Waals surface area contributed by atoms with Crippen LogP contribution in [0.3, 0.4) is 0 Å². The summed E-state index contributed by atoms with van der Waals surface area (Å²) in [6.45, 7) is 0.678. The van der Waals surface area contributed by atoms with Crippen LogP contribution in [-0.2, 0) is 4.79 Å². The minimum absolute atomic E-state index is 0.0578. The topological polar surface area (TPSA) is 68.4 Å². The molecule has 6 heteroatoms. The molecule has 3 aliphatic heterocycles. The van der Waals surface area contributed by atoms with E-state index < -0.39 is 0 Å². The summed E-state index contributed by atoms with van der Waals surface area (Å²) in [6, 6.07) is 0.0877. The first-order valence-corrected chi connectivity index (χ1v) is 5.54. The second-order valence-electron chi connectivity index (χ2n) is 4.45. The van der Waals surface area contributed by atoms with E-state index in [4.69, 9.17) is 0 Å². The molecule has 4 atom stereocenters. The van der Waals surface area contributed by atoms with Gasteiger partial charge in [0.1, 0.15) is 12.2 Å². The number of nitrogens with zero attached hydrogens (tertiary/aromatic N) is 1. The average Bonchev–Trinajstić information content (AvgIpc) is 2.87. The van der Waals surface area contributed by atoms with Gasteiger partial charge in [0.05, 0.1) is 6.04 Å². The van der Waals surface area contributed by atoms with Crippen LogP contribution >= 0.6 is 0 Å². The quantitative estimate of drug-likeness (QED) is 0.378. The van der Waals surface area contributed by atoms with Crippen molar-refractivity contribution < 1.29 is 4.79 Å². The van der Waals surface area contributed by atoms with Gasteiger partial charge in [-0.25, -0.2) is 0 Å². The van der Waals surface area contributed by atoms with Crippen molar-refractivity contribution in [3.8, 4) is 0 Å². The molecule has 3 heterocycles. The monoisotopic (exact) mass is 219 g/mol. The number of fused-ring (bicyclic) bond motifs is 5. The minimum Gasteiger partial charge on any atom is -0.323 e. The summed E-state index contributed by atoms with van der Waals surface area (Å²) in [7, 11) is 0. The summed E-state index contributed by atoms with van der Waals surface area (Å²) in [6.07, 6.45) is 6.24. The second kappa shape index (κ2) is 2.85. The molecular weight excluding hydrogens is 206 g/mol. The van der Waals surface area contributed by atoms with Gasteiger partial charge in [-0.15, -0.1) is 0 Å². The van der Waals surface area contributed by atoms with Gasteiger partial charge in [-0.3, -0.25) is 20.7 Å². The highest BCUT2D eigenvalue weighted by Crippen LogP contribution is 2.30. The fraction of sp³-hybridized carbons (Fsp3) is 0.500. The van der Waals surface area contributed by atoms with Crippen LogP contribution in [0.5, 0.6) is 0 Å². The maximum absolute atomic E-state index is 11.8. The molecule has 0 aromatic carbocycles. The molecule has 3 unspecified atom stereocenters. The molecule has 16 heavy (non-hydrogen) atoms. The van der Waals surface area contributed by atoms with Crippen molar-refractivity contribution in [2.75, 3.05) is 6.67 Å². The Morgan fingerprint density at radius 1 is 1.38 bits per heavy atom. The van der Waals surface area contributed by atoms with E-state index in [0.29, 0.717) is 6.67 Å². The normalized spacial score (nSPS) is 43.9. The van der Waals surface area contributed by atoms with Crippen LogP contribution in [-0.4, -0.2) is 42.0 Å². The predicted octanol–water partition coefficient (Wildman–Crippen LogP) is -2.03. The lowest BCUT2D eigenvalue weighted by Crippen LogP contribution is -2.68. The molecule has 84 valence electrons. The molecule has 3 fully saturated rings. The molecular formula is C10H13N5O. The van der Waals surface area contributed by atoms with E-state index in [1.165, 1.54) is 5.70 Å². The Kier molecular flexibility index (Phi) is 1.56. The van der Waals surface area contributed by atoms with E-state index in [0.717, 1.165) is 0 Å². The van der Waals surface area contributed by atoms with E-state index in [1.54, 1.807) is 0 Å². The third kappa shape index (κ3) is 0.940. The minimum atomic E-state index is -0.154. The first-order chi connectivity index (χ1) is 7.84. The summed E-state index contributed by atoms with van der Waals surface area (Å²) >= 11 is 0. The van der Waals surface area contributed by atoms with Gasteiger partial charge < -0.3 is 10.2 Å². The molecule has 0 aromatic heterocycles. The van der Waals surface area contributed by atoms with Crippen molar-refractivity contribution >= 4 is 5.91 Å². The highest BCUT2D eigenvalue weighted by molar-refractivity contribution is 5.84. The van der Waals surface area contributed by atoms with Crippen molar-refractivity contribution in [1.29, 1.82) is 0 Å². The zero-order valence-corrected chi connectivity index (χ0v) is 8.60. The highest BCUT2D eigenvalue weighted by atomic mass is 16.2. The molecule has 3 saturated heterocycles. The Balaban J connectivity index is 1.73. The molecule has 1 aliphatic carbocycles. The number of rotatable bonds is 0. The maximum atomic E-state index is 11.8. The second-order valence-corrected chi connectivity index (χ2v) is 4.45. The smallest absolute Gasteiger partial charge is 0.243 e. The number of carbonyl (C=O) groups excluding carboxylic acids is 1. The molecule has 6 nitrogen and oxygen atoms in total. The van der Waals surface area contributed by atoms with Gasteiger partial charge in [0, 0.05) is 12.4 Å². The third-order valence-electron chi connectivity index (χ3n) is 3.61. The zero-order chi connectivity index (χ0) is 10.7. The van der Waals surface area contributed by atoms with Gasteiger partial charge in [-0.2, -0.15) is 0 Å². The number of amides is 1. The summed E-state index contributed by atoms with van der Waals surface area (Å²) in [5.74, 6) is 0.0632. The number of hydrogen-bond acceptors (Lipinski definition) is 5. The van der Waals surface area contributed by atoms with Crippen LogP contribution in [0, 0.1) is 0 Å². The highest BCUT2D eigenvalue weighted by Gasteiger charge is 2.50. The first kappa shape index (κ1) is 8.74. The molecule has 1 amide bonds. The Morgan fingerprint density at radius 2 is 2.31 bits per heavy atom. The van der Waals surface area contributed by atoms with Crippen molar-refractivity contribution in [2.45, 2.75) is 24.5 Å². The summed E-state index contributed by atoms with van der Waals surface area (Å²) < 4.78 is 0. The van der Waals surface area contributed by atoms with Crippen molar-refractivity contribution in [3.63, 3.8) is 0 Å². The SMILES string of the molecule is O=C1NC2NC3C=CC=C3N2C2NCN[C@H]12. The molecule has 0 radical (unpaired) electrons. The van der Waals surface area contributed by atoms with Crippen LogP contribution in [0.1, 0.15) is 0 Å². The predicted molar refractivity (Wildman–Crippen MR) is 56.6 cm³/mol. The van der Waals surface area contributed by atoms with Gasteiger partial charge >= 0.3 is 0 Å². The fourth-order valence-electron chi connectivity index (χ4n) is 2.91. The molecule has 0 aromatic rings. The molecule has 4 rings (SSSR count). The lowest BCUT2D eigenvalue weighted by molar-refractivity contribution is -0.130. The van der Waals surface area contributed by atoms with Crippen molar-refractivity contribution in [1.82, 2.24) is 26.2 Å². The lowest BCUT2D eigenvalue weighted by Gasteiger charge is -2.40. The van der Waals surface area contributed by atoms with E-state index in [-0.39, 0.29) is 30.4 Å². The number of carbonyl (C=O) groups is 1. The third-order valence-corrected chi connectivity index (χ3v) is 3.61. The largest absolute Gasteiger partial charge is 0.323 e. The zero-order valence-electron chi connectivity index (χ0n) is 8.60.